The number of likely N-dealkylation sites (N-methyl/N-ethyl adjacent to an activating group) is 1. The molecule has 2 aromatic rings. The Labute approximate surface area is 201 Å². The number of hydrogen-bond acceptors (Lipinski definition) is 4. The summed E-state index contributed by atoms with van der Waals surface area (Å²) in [6.45, 7) is 6.39. The van der Waals surface area contributed by atoms with Crippen LogP contribution in [0.25, 0.3) is 0 Å². The summed E-state index contributed by atoms with van der Waals surface area (Å²) in [4.78, 5) is 27.2. The van der Waals surface area contributed by atoms with Crippen molar-refractivity contribution in [3.63, 3.8) is 0 Å². The van der Waals surface area contributed by atoms with Gasteiger partial charge >= 0.3 is 0 Å². The number of anilines is 1. The highest BCUT2D eigenvalue weighted by Crippen LogP contribution is 2.22. The minimum Gasteiger partial charge on any atom is -0.355 e. The van der Waals surface area contributed by atoms with Gasteiger partial charge in [0.05, 0.1) is 11.9 Å². The van der Waals surface area contributed by atoms with Crippen LogP contribution in [0.15, 0.2) is 48.5 Å². The second kappa shape index (κ2) is 12.0. The number of hydrogen-bond donors (Lipinski definition) is 1. The number of aryl methyl sites for hydroxylation is 1. The summed E-state index contributed by atoms with van der Waals surface area (Å²) < 4.78 is 25.9. The zero-order valence-corrected chi connectivity index (χ0v) is 21.1. The van der Waals surface area contributed by atoms with Crippen LogP contribution < -0.4 is 9.62 Å². The van der Waals surface area contributed by atoms with Gasteiger partial charge in [-0.05, 0) is 51.0 Å². The number of benzene rings is 2. The molecule has 0 heterocycles. The first kappa shape index (κ1) is 26.7. The number of nitrogens with one attached hydrogen (secondary N) is 1. The predicted molar refractivity (Wildman–Crippen MR) is 133 cm³/mol. The number of rotatable bonds is 11. The maximum Gasteiger partial charge on any atom is 0.242 e. The van der Waals surface area contributed by atoms with E-state index in [4.69, 9.17) is 11.6 Å². The third-order valence-corrected chi connectivity index (χ3v) is 6.63. The van der Waals surface area contributed by atoms with Gasteiger partial charge in [0.2, 0.25) is 21.8 Å². The van der Waals surface area contributed by atoms with Crippen molar-refractivity contribution in [1.29, 1.82) is 0 Å². The van der Waals surface area contributed by atoms with Gasteiger partial charge in [0.1, 0.15) is 6.04 Å². The molecule has 0 radical (unpaired) electrons. The van der Waals surface area contributed by atoms with Crippen LogP contribution in [0.3, 0.4) is 0 Å². The fraction of sp³-hybridized carbons (Fsp3) is 0.417. The van der Waals surface area contributed by atoms with Gasteiger partial charge in [0.15, 0.2) is 0 Å². The molecule has 0 fully saturated rings. The van der Waals surface area contributed by atoms with Crippen LogP contribution in [0, 0.1) is 6.92 Å². The molecule has 1 atom stereocenters. The fourth-order valence-electron chi connectivity index (χ4n) is 3.55. The van der Waals surface area contributed by atoms with E-state index in [9.17, 15) is 18.0 Å². The standard InChI is InChI=1S/C24H32ClN3O4S/c1-5-26-24(30)19(3)27(17-20-10-6-9-18(2)15-20)23(29)13-8-14-28(33(4,31)32)22-12-7-11-21(25)16-22/h6-7,9-12,15-16,19H,5,8,13-14,17H2,1-4H3,(H,26,30)/t19-/m1/s1. The van der Waals surface area contributed by atoms with Gasteiger partial charge in [-0.1, -0.05) is 47.5 Å². The fourth-order valence-corrected chi connectivity index (χ4v) is 4.69. The molecule has 0 saturated carbocycles. The summed E-state index contributed by atoms with van der Waals surface area (Å²) in [5, 5.41) is 3.19. The molecule has 180 valence electrons. The second-order valence-corrected chi connectivity index (χ2v) is 10.3. The lowest BCUT2D eigenvalue weighted by molar-refractivity contribution is -0.140. The quantitative estimate of drug-likeness (QED) is 0.516. The van der Waals surface area contributed by atoms with E-state index in [2.05, 4.69) is 5.32 Å². The van der Waals surface area contributed by atoms with Gasteiger partial charge in [-0.2, -0.15) is 0 Å². The molecule has 0 aliphatic carbocycles. The molecule has 0 bridgehead atoms. The van der Waals surface area contributed by atoms with E-state index in [1.807, 2.05) is 38.1 Å². The van der Waals surface area contributed by atoms with Crippen molar-refractivity contribution in [1.82, 2.24) is 10.2 Å². The van der Waals surface area contributed by atoms with Gasteiger partial charge in [0, 0.05) is 31.1 Å². The number of carbonyl (C=O) groups excluding carboxylic acids is 2. The lowest BCUT2D eigenvalue weighted by Gasteiger charge is -2.29. The van der Waals surface area contributed by atoms with E-state index in [1.54, 1.807) is 36.1 Å². The van der Waals surface area contributed by atoms with Crippen LogP contribution in [-0.2, 0) is 26.2 Å². The molecule has 9 heteroatoms. The van der Waals surface area contributed by atoms with Crippen molar-refractivity contribution < 1.29 is 18.0 Å². The van der Waals surface area contributed by atoms with Crippen LogP contribution in [0.1, 0.15) is 37.8 Å². The van der Waals surface area contributed by atoms with Crippen molar-refractivity contribution >= 4 is 39.1 Å². The second-order valence-electron chi connectivity index (χ2n) is 8.00. The molecular weight excluding hydrogens is 462 g/mol. The summed E-state index contributed by atoms with van der Waals surface area (Å²) >= 11 is 6.02. The monoisotopic (exact) mass is 493 g/mol. The van der Waals surface area contributed by atoms with Crippen LogP contribution in [-0.4, -0.2) is 50.5 Å². The lowest BCUT2D eigenvalue weighted by Crippen LogP contribution is -2.47. The Morgan fingerprint density at radius 3 is 2.42 bits per heavy atom. The van der Waals surface area contributed by atoms with Gasteiger partial charge in [-0.25, -0.2) is 8.42 Å². The first-order valence-electron chi connectivity index (χ1n) is 10.9. The molecule has 0 saturated heterocycles. The number of amides is 2. The summed E-state index contributed by atoms with van der Waals surface area (Å²) in [7, 11) is -3.56. The van der Waals surface area contributed by atoms with Crippen molar-refractivity contribution in [3.8, 4) is 0 Å². The predicted octanol–water partition coefficient (Wildman–Crippen LogP) is 3.75. The summed E-state index contributed by atoms with van der Waals surface area (Å²) in [6.07, 6.45) is 1.52. The zero-order chi connectivity index (χ0) is 24.6. The summed E-state index contributed by atoms with van der Waals surface area (Å²) in [5.41, 5.74) is 2.44. The Morgan fingerprint density at radius 1 is 1.12 bits per heavy atom. The van der Waals surface area contributed by atoms with Gasteiger partial charge in [-0.3, -0.25) is 13.9 Å². The molecular formula is C24H32ClN3O4S. The number of nitrogens with zero attached hydrogens (tertiary/aromatic N) is 2. The molecule has 0 aliphatic heterocycles. The molecule has 0 spiro atoms. The SMILES string of the molecule is CCNC(=O)[C@@H](C)N(Cc1cccc(C)c1)C(=O)CCCN(c1cccc(Cl)c1)S(C)(=O)=O. The minimum atomic E-state index is -3.56. The summed E-state index contributed by atoms with van der Waals surface area (Å²) in [6, 6.07) is 13.7. The van der Waals surface area contributed by atoms with Gasteiger partial charge in [0.25, 0.3) is 0 Å². The topological polar surface area (TPSA) is 86.8 Å². The Bertz CT molecular complexity index is 1070. The van der Waals surface area contributed by atoms with Crippen molar-refractivity contribution in [2.75, 3.05) is 23.7 Å². The zero-order valence-electron chi connectivity index (χ0n) is 19.5. The largest absolute Gasteiger partial charge is 0.355 e. The third kappa shape index (κ3) is 8.05. The normalized spacial score (nSPS) is 12.2. The molecule has 0 unspecified atom stereocenters. The van der Waals surface area contributed by atoms with E-state index in [0.717, 1.165) is 17.4 Å². The molecule has 0 aromatic heterocycles. The highest BCUT2D eigenvalue weighted by atomic mass is 35.5. The van der Waals surface area contributed by atoms with E-state index >= 15 is 0 Å². The first-order chi connectivity index (χ1) is 15.5. The van der Waals surface area contributed by atoms with E-state index in [0.29, 0.717) is 30.2 Å². The Morgan fingerprint density at radius 2 is 1.82 bits per heavy atom. The van der Waals surface area contributed by atoms with E-state index in [1.165, 1.54) is 4.31 Å². The molecule has 33 heavy (non-hydrogen) atoms. The number of halogens is 1. The Balaban J connectivity index is 2.15. The number of carbonyl (C=O) groups is 2. The Hall–Kier alpha value is -2.58. The highest BCUT2D eigenvalue weighted by molar-refractivity contribution is 7.92. The van der Waals surface area contributed by atoms with Gasteiger partial charge in [-0.15, -0.1) is 0 Å². The van der Waals surface area contributed by atoms with Crippen molar-refractivity contribution in [2.45, 2.75) is 46.2 Å². The summed E-state index contributed by atoms with van der Waals surface area (Å²) in [5.74, 6) is -0.440. The maximum atomic E-state index is 13.2. The van der Waals surface area contributed by atoms with Crippen molar-refractivity contribution in [3.05, 3.63) is 64.7 Å². The van der Waals surface area contributed by atoms with Crippen LogP contribution in [0.4, 0.5) is 5.69 Å². The van der Waals surface area contributed by atoms with Crippen LogP contribution >= 0.6 is 11.6 Å². The third-order valence-electron chi connectivity index (χ3n) is 5.20. The molecule has 0 aliphatic rings. The lowest BCUT2D eigenvalue weighted by atomic mass is 10.1. The average Bonchev–Trinajstić information content (AvgIpc) is 2.73. The highest BCUT2D eigenvalue weighted by Gasteiger charge is 2.26. The molecule has 1 N–H and O–H groups in total. The number of sulfonamides is 1. The minimum absolute atomic E-state index is 0.0994. The molecule has 7 nitrogen and oxygen atoms in total. The van der Waals surface area contributed by atoms with Crippen LogP contribution in [0.5, 0.6) is 0 Å². The Kier molecular flexibility index (Phi) is 9.73. The van der Waals surface area contributed by atoms with Gasteiger partial charge < -0.3 is 10.2 Å². The maximum absolute atomic E-state index is 13.2. The van der Waals surface area contributed by atoms with Crippen LogP contribution in [0.2, 0.25) is 5.02 Å². The molecule has 2 rings (SSSR count). The first-order valence-corrected chi connectivity index (χ1v) is 13.1. The smallest absolute Gasteiger partial charge is 0.242 e. The average molecular weight is 494 g/mol. The van der Waals surface area contributed by atoms with E-state index in [-0.39, 0.29) is 24.8 Å². The molecule has 2 aromatic carbocycles. The van der Waals surface area contributed by atoms with E-state index < -0.39 is 16.1 Å². The molecule has 2 amide bonds. The van der Waals surface area contributed by atoms with Crippen molar-refractivity contribution in [2.24, 2.45) is 0 Å².